The maximum Gasteiger partial charge on any atom is 0.338 e. The van der Waals surface area contributed by atoms with Gasteiger partial charge in [0.25, 0.3) is 0 Å². The first-order chi connectivity index (χ1) is 14.0. The molecule has 2 fully saturated rings. The second kappa shape index (κ2) is 6.95. The van der Waals surface area contributed by atoms with Crippen molar-refractivity contribution in [3.05, 3.63) is 76.3 Å². The Morgan fingerprint density at radius 3 is 2.10 bits per heavy atom. The van der Waals surface area contributed by atoms with E-state index in [1.54, 1.807) is 24.3 Å². The van der Waals surface area contributed by atoms with Gasteiger partial charge in [0.05, 0.1) is 23.1 Å². The molecule has 6 heteroatoms. The molecule has 29 heavy (non-hydrogen) atoms. The van der Waals surface area contributed by atoms with Crippen molar-refractivity contribution in [2.45, 2.75) is 13.0 Å². The highest BCUT2D eigenvalue weighted by atomic mass is 79.9. The molecular weight excluding hydrogens is 434 g/mol. The zero-order valence-corrected chi connectivity index (χ0v) is 17.0. The molecule has 1 saturated carbocycles. The highest BCUT2D eigenvalue weighted by molar-refractivity contribution is 9.10. The zero-order chi connectivity index (χ0) is 20.1. The van der Waals surface area contributed by atoms with Gasteiger partial charge >= 0.3 is 5.97 Å². The molecule has 2 aliphatic carbocycles. The van der Waals surface area contributed by atoms with Gasteiger partial charge in [-0.3, -0.25) is 14.5 Å². The number of amides is 2. The van der Waals surface area contributed by atoms with E-state index in [1.807, 2.05) is 24.3 Å². The molecule has 5 rings (SSSR count). The van der Waals surface area contributed by atoms with Crippen molar-refractivity contribution >= 4 is 39.4 Å². The monoisotopic (exact) mass is 451 g/mol. The normalized spacial score (nSPS) is 26.9. The Hall–Kier alpha value is -2.73. The second-order valence-electron chi connectivity index (χ2n) is 7.76. The number of ether oxygens (including phenoxy) is 1. The number of esters is 1. The Kier molecular flexibility index (Phi) is 4.39. The summed E-state index contributed by atoms with van der Waals surface area (Å²) in [5.41, 5.74) is 1.78. The number of anilines is 1. The topological polar surface area (TPSA) is 63.7 Å². The SMILES string of the molecule is O=C(OCc1ccc(Br)cc1)c1ccc(N2C(=O)[C@@H]3[C@H](C2=O)[C@H]2C=C[C@H]3C2)cc1. The number of benzene rings is 2. The predicted molar refractivity (Wildman–Crippen MR) is 110 cm³/mol. The lowest BCUT2D eigenvalue weighted by Crippen LogP contribution is -2.32. The van der Waals surface area contributed by atoms with E-state index < -0.39 is 5.97 Å². The average Bonchev–Trinajstić information content (AvgIpc) is 3.41. The molecule has 2 bridgehead atoms. The Balaban J connectivity index is 1.28. The third kappa shape index (κ3) is 3.02. The standard InChI is InChI=1S/C23H18BrNO4/c24-17-7-1-13(2-8-17)12-29-23(28)14-5-9-18(10-6-14)25-21(26)19-15-3-4-16(11-15)20(19)22(25)27/h1-10,15-16,19-20H,11-12H2/t15-,16-,19-,20+/m0/s1. The lowest BCUT2D eigenvalue weighted by atomic mass is 9.85. The number of carbonyl (C=O) groups is 3. The van der Waals surface area contributed by atoms with Crippen LogP contribution in [0.15, 0.2) is 65.2 Å². The fraction of sp³-hybridized carbons (Fsp3) is 0.261. The van der Waals surface area contributed by atoms with Gasteiger partial charge in [-0.2, -0.15) is 0 Å². The van der Waals surface area contributed by atoms with Crippen LogP contribution in [0, 0.1) is 23.7 Å². The number of fused-ring (bicyclic) bond motifs is 5. The molecule has 1 saturated heterocycles. The van der Waals surface area contributed by atoms with Crippen LogP contribution in [-0.4, -0.2) is 17.8 Å². The molecule has 1 heterocycles. The van der Waals surface area contributed by atoms with E-state index in [4.69, 9.17) is 4.74 Å². The van der Waals surface area contributed by atoms with Crippen LogP contribution in [0.5, 0.6) is 0 Å². The Morgan fingerprint density at radius 2 is 1.52 bits per heavy atom. The van der Waals surface area contributed by atoms with Gasteiger partial charge in [-0.05, 0) is 60.2 Å². The molecule has 2 amide bonds. The summed E-state index contributed by atoms with van der Waals surface area (Å²) in [6.07, 6.45) is 5.06. The molecule has 3 aliphatic rings. The van der Waals surface area contributed by atoms with Gasteiger partial charge in [0, 0.05) is 4.47 Å². The number of imide groups is 1. The summed E-state index contributed by atoms with van der Waals surface area (Å²) in [7, 11) is 0. The van der Waals surface area contributed by atoms with E-state index in [9.17, 15) is 14.4 Å². The number of allylic oxidation sites excluding steroid dienone is 2. The molecule has 4 atom stereocenters. The molecule has 2 aromatic rings. The van der Waals surface area contributed by atoms with Gasteiger partial charge < -0.3 is 4.74 Å². The van der Waals surface area contributed by atoms with Crippen molar-refractivity contribution in [2.24, 2.45) is 23.7 Å². The van der Waals surface area contributed by atoms with E-state index in [-0.39, 0.29) is 42.1 Å². The Morgan fingerprint density at radius 1 is 0.931 bits per heavy atom. The summed E-state index contributed by atoms with van der Waals surface area (Å²) in [6.45, 7) is 0.177. The van der Waals surface area contributed by atoms with Gasteiger partial charge in [-0.1, -0.05) is 40.2 Å². The maximum absolute atomic E-state index is 12.9. The molecule has 5 nitrogen and oxygen atoms in total. The fourth-order valence-corrected chi connectivity index (χ4v) is 4.98. The summed E-state index contributed by atoms with van der Waals surface area (Å²) in [4.78, 5) is 39.3. The molecular formula is C23H18BrNO4. The van der Waals surface area contributed by atoms with Crippen LogP contribution in [0.25, 0.3) is 0 Å². The largest absolute Gasteiger partial charge is 0.457 e. The van der Waals surface area contributed by atoms with Crippen LogP contribution in [-0.2, 0) is 20.9 Å². The van der Waals surface area contributed by atoms with Crippen molar-refractivity contribution < 1.29 is 19.1 Å². The van der Waals surface area contributed by atoms with E-state index in [0.29, 0.717) is 11.3 Å². The average molecular weight is 452 g/mol. The quantitative estimate of drug-likeness (QED) is 0.398. The molecule has 0 N–H and O–H groups in total. The number of nitrogens with zero attached hydrogens (tertiary/aromatic N) is 1. The molecule has 0 radical (unpaired) electrons. The highest BCUT2D eigenvalue weighted by Gasteiger charge is 2.59. The minimum absolute atomic E-state index is 0.123. The van der Waals surface area contributed by atoms with Crippen LogP contribution < -0.4 is 4.90 Å². The predicted octanol–water partition coefficient (Wildman–Crippen LogP) is 4.12. The first kappa shape index (κ1) is 18.3. The van der Waals surface area contributed by atoms with E-state index >= 15 is 0 Å². The van der Waals surface area contributed by atoms with Gasteiger partial charge in [0.15, 0.2) is 0 Å². The zero-order valence-electron chi connectivity index (χ0n) is 15.5. The Labute approximate surface area is 176 Å². The van der Waals surface area contributed by atoms with E-state index in [2.05, 4.69) is 28.1 Å². The summed E-state index contributed by atoms with van der Waals surface area (Å²) in [5, 5.41) is 0. The van der Waals surface area contributed by atoms with Gasteiger partial charge in [-0.15, -0.1) is 0 Å². The minimum Gasteiger partial charge on any atom is -0.457 e. The van der Waals surface area contributed by atoms with Crippen molar-refractivity contribution in [1.29, 1.82) is 0 Å². The van der Waals surface area contributed by atoms with Crippen molar-refractivity contribution in [2.75, 3.05) is 4.90 Å². The summed E-state index contributed by atoms with van der Waals surface area (Å²) in [6, 6.07) is 14.0. The molecule has 146 valence electrons. The number of rotatable bonds is 4. The first-order valence-corrected chi connectivity index (χ1v) is 10.4. The van der Waals surface area contributed by atoms with Crippen LogP contribution in [0.3, 0.4) is 0 Å². The number of halogens is 1. The minimum atomic E-state index is -0.447. The van der Waals surface area contributed by atoms with E-state index in [1.165, 1.54) is 4.90 Å². The molecule has 2 aromatic carbocycles. The number of carbonyl (C=O) groups excluding carboxylic acids is 3. The van der Waals surface area contributed by atoms with Gasteiger partial charge in [0.2, 0.25) is 11.8 Å². The highest BCUT2D eigenvalue weighted by Crippen LogP contribution is 2.53. The van der Waals surface area contributed by atoms with E-state index in [0.717, 1.165) is 16.5 Å². The first-order valence-electron chi connectivity index (χ1n) is 9.61. The fourth-order valence-electron chi connectivity index (χ4n) is 4.72. The molecule has 0 aromatic heterocycles. The van der Waals surface area contributed by atoms with Crippen LogP contribution in [0.2, 0.25) is 0 Å². The summed E-state index contributed by atoms with van der Waals surface area (Å²) in [5.74, 6) is -0.790. The number of hydrogen-bond donors (Lipinski definition) is 0. The smallest absolute Gasteiger partial charge is 0.338 e. The van der Waals surface area contributed by atoms with Gasteiger partial charge in [-0.25, -0.2) is 4.79 Å². The lowest BCUT2D eigenvalue weighted by Gasteiger charge is -2.17. The maximum atomic E-state index is 12.9. The summed E-state index contributed by atoms with van der Waals surface area (Å²) >= 11 is 3.37. The molecule has 0 unspecified atom stereocenters. The van der Waals surface area contributed by atoms with Crippen LogP contribution in [0.1, 0.15) is 22.3 Å². The third-order valence-electron chi connectivity index (χ3n) is 6.11. The number of hydrogen-bond acceptors (Lipinski definition) is 4. The summed E-state index contributed by atoms with van der Waals surface area (Å²) < 4.78 is 6.31. The van der Waals surface area contributed by atoms with Crippen molar-refractivity contribution in [1.82, 2.24) is 0 Å². The Bertz CT molecular complexity index is 998. The lowest BCUT2D eigenvalue weighted by molar-refractivity contribution is -0.123. The van der Waals surface area contributed by atoms with Crippen LogP contribution >= 0.6 is 15.9 Å². The van der Waals surface area contributed by atoms with Crippen LogP contribution in [0.4, 0.5) is 5.69 Å². The van der Waals surface area contributed by atoms with Crippen molar-refractivity contribution in [3.63, 3.8) is 0 Å². The molecule has 1 aliphatic heterocycles. The third-order valence-corrected chi connectivity index (χ3v) is 6.64. The molecule has 0 spiro atoms. The second-order valence-corrected chi connectivity index (χ2v) is 8.68. The van der Waals surface area contributed by atoms with Gasteiger partial charge in [0.1, 0.15) is 6.61 Å². The van der Waals surface area contributed by atoms with Crippen molar-refractivity contribution in [3.8, 4) is 0 Å².